The zero-order chi connectivity index (χ0) is 12.0. The monoisotopic (exact) mass is 222 g/mol. The Balaban J connectivity index is 2.49. The van der Waals surface area contributed by atoms with Crippen LogP contribution < -0.4 is 11.5 Å². The van der Waals surface area contributed by atoms with Gasteiger partial charge in [-0.25, -0.2) is 4.79 Å². The number of nitrogens with two attached hydrogens (primary N) is 2. The van der Waals surface area contributed by atoms with Gasteiger partial charge in [-0.1, -0.05) is 30.3 Å². The van der Waals surface area contributed by atoms with E-state index in [0.29, 0.717) is 6.42 Å². The Labute approximate surface area is 93.4 Å². The topological polar surface area (TPSA) is 95.4 Å². The van der Waals surface area contributed by atoms with Crippen LogP contribution in [0, 0.1) is 0 Å². The van der Waals surface area contributed by atoms with Crippen molar-refractivity contribution in [1.29, 1.82) is 0 Å². The first-order chi connectivity index (χ1) is 7.63. The molecule has 0 unspecified atom stereocenters. The molecular formula is C11H14N2O3. The zero-order valence-electron chi connectivity index (χ0n) is 8.76. The second-order valence-corrected chi connectivity index (χ2v) is 3.29. The van der Waals surface area contributed by atoms with Gasteiger partial charge in [0.2, 0.25) is 0 Å². The minimum atomic E-state index is -0.849. The predicted octanol–water partition coefficient (Wildman–Crippen LogP) is -0.415. The largest absolute Gasteiger partial charge is 0.391 e. The number of esters is 2. The maximum Gasteiger partial charge on any atom is 0.330 e. The summed E-state index contributed by atoms with van der Waals surface area (Å²) in [4.78, 5) is 22.0. The highest BCUT2D eigenvalue weighted by atomic mass is 16.6. The van der Waals surface area contributed by atoms with Crippen LogP contribution in [0.5, 0.6) is 0 Å². The normalized spacial score (nSPS) is 11.9. The summed E-state index contributed by atoms with van der Waals surface area (Å²) in [6.45, 7) is -0.330. The summed E-state index contributed by atoms with van der Waals surface area (Å²) in [6.07, 6.45) is 0.331. The Bertz CT molecular complexity index is 365. The van der Waals surface area contributed by atoms with E-state index in [0.717, 1.165) is 5.56 Å². The first-order valence-electron chi connectivity index (χ1n) is 4.87. The number of hydrogen-bond acceptors (Lipinski definition) is 5. The van der Waals surface area contributed by atoms with Gasteiger partial charge in [0.15, 0.2) is 0 Å². The van der Waals surface area contributed by atoms with E-state index >= 15 is 0 Å². The number of benzene rings is 1. The maximum absolute atomic E-state index is 11.3. The molecule has 1 aromatic carbocycles. The third-order valence-corrected chi connectivity index (χ3v) is 1.98. The minimum Gasteiger partial charge on any atom is -0.391 e. The molecule has 16 heavy (non-hydrogen) atoms. The van der Waals surface area contributed by atoms with Gasteiger partial charge in [-0.15, -0.1) is 0 Å². The van der Waals surface area contributed by atoms with E-state index in [1.54, 1.807) is 0 Å². The van der Waals surface area contributed by atoms with E-state index < -0.39 is 18.0 Å². The molecule has 0 saturated heterocycles. The van der Waals surface area contributed by atoms with Crippen LogP contribution >= 0.6 is 0 Å². The zero-order valence-corrected chi connectivity index (χ0v) is 8.76. The summed E-state index contributed by atoms with van der Waals surface area (Å²) < 4.78 is 4.41. The molecule has 5 heteroatoms. The van der Waals surface area contributed by atoms with E-state index in [-0.39, 0.29) is 6.54 Å². The average Bonchev–Trinajstić information content (AvgIpc) is 2.30. The number of hydrogen-bond donors (Lipinski definition) is 2. The lowest BCUT2D eigenvalue weighted by Crippen LogP contribution is -2.36. The van der Waals surface area contributed by atoms with Crippen LogP contribution in [0.1, 0.15) is 5.56 Å². The Morgan fingerprint density at radius 1 is 1.25 bits per heavy atom. The third-order valence-electron chi connectivity index (χ3n) is 1.98. The van der Waals surface area contributed by atoms with Crippen molar-refractivity contribution in [3.05, 3.63) is 35.9 Å². The molecule has 0 fully saturated rings. The van der Waals surface area contributed by atoms with Gasteiger partial charge in [-0.05, 0) is 12.0 Å². The molecule has 86 valence electrons. The quantitative estimate of drug-likeness (QED) is 0.533. The molecule has 0 saturated carbocycles. The molecule has 0 aliphatic rings. The highest BCUT2D eigenvalue weighted by molar-refractivity contribution is 5.89. The van der Waals surface area contributed by atoms with E-state index in [1.807, 2.05) is 30.3 Å². The predicted molar refractivity (Wildman–Crippen MR) is 58.3 cm³/mol. The molecule has 0 bridgehead atoms. The lowest BCUT2D eigenvalue weighted by Gasteiger charge is -2.09. The van der Waals surface area contributed by atoms with E-state index in [1.165, 1.54) is 0 Å². The highest BCUT2D eigenvalue weighted by Crippen LogP contribution is 2.02. The molecule has 0 aliphatic heterocycles. The minimum absolute atomic E-state index is 0.330. The van der Waals surface area contributed by atoms with E-state index in [9.17, 15) is 9.59 Å². The summed E-state index contributed by atoms with van der Waals surface area (Å²) in [5.41, 5.74) is 11.5. The average molecular weight is 222 g/mol. The summed E-state index contributed by atoms with van der Waals surface area (Å²) in [7, 11) is 0. The number of carbonyl (C=O) groups is 2. The molecule has 0 aromatic heterocycles. The second kappa shape index (κ2) is 5.99. The van der Waals surface area contributed by atoms with Crippen molar-refractivity contribution < 1.29 is 14.3 Å². The first-order valence-corrected chi connectivity index (χ1v) is 4.87. The molecule has 1 rings (SSSR count). The van der Waals surface area contributed by atoms with E-state index in [2.05, 4.69) is 4.74 Å². The van der Waals surface area contributed by atoms with Gasteiger partial charge in [-0.2, -0.15) is 0 Å². The van der Waals surface area contributed by atoms with Crippen LogP contribution in [0.4, 0.5) is 0 Å². The molecule has 0 heterocycles. The van der Waals surface area contributed by atoms with Crippen LogP contribution in [-0.2, 0) is 20.7 Å². The van der Waals surface area contributed by atoms with Gasteiger partial charge in [0, 0.05) is 0 Å². The third kappa shape index (κ3) is 3.80. The van der Waals surface area contributed by atoms with Gasteiger partial charge >= 0.3 is 11.9 Å². The molecule has 0 radical (unpaired) electrons. The van der Waals surface area contributed by atoms with Gasteiger partial charge in [0.05, 0.1) is 6.54 Å². The van der Waals surface area contributed by atoms with Crippen LogP contribution in [0.15, 0.2) is 30.3 Å². The maximum atomic E-state index is 11.3. The van der Waals surface area contributed by atoms with Crippen molar-refractivity contribution in [3.8, 4) is 0 Å². The van der Waals surface area contributed by atoms with Gasteiger partial charge < -0.3 is 16.2 Å². The van der Waals surface area contributed by atoms with Crippen LogP contribution in [0.2, 0.25) is 0 Å². The first kappa shape index (κ1) is 12.4. The van der Waals surface area contributed by atoms with E-state index in [4.69, 9.17) is 11.5 Å². The molecule has 0 aliphatic carbocycles. The molecule has 0 spiro atoms. The van der Waals surface area contributed by atoms with Crippen LogP contribution in [0.25, 0.3) is 0 Å². The Kier molecular flexibility index (Phi) is 4.63. The summed E-state index contributed by atoms with van der Waals surface area (Å²) in [5.74, 6) is -1.52. The molecular weight excluding hydrogens is 208 g/mol. The fourth-order valence-electron chi connectivity index (χ4n) is 1.18. The van der Waals surface area contributed by atoms with Crippen molar-refractivity contribution in [2.24, 2.45) is 11.5 Å². The highest BCUT2D eigenvalue weighted by Gasteiger charge is 2.18. The van der Waals surface area contributed by atoms with Gasteiger partial charge in [-0.3, -0.25) is 4.79 Å². The van der Waals surface area contributed by atoms with Crippen molar-refractivity contribution in [1.82, 2.24) is 0 Å². The molecule has 4 N–H and O–H groups in total. The molecule has 5 nitrogen and oxygen atoms in total. The number of rotatable bonds is 4. The second-order valence-electron chi connectivity index (χ2n) is 3.29. The fourth-order valence-corrected chi connectivity index (χ4v) is 1.18. The molecule has 1 aromatic rings. The number of carbonyl (C=O) groups excluding carboxylic acids is 2. The molecule has 0 amide bonds. The number of ether oxygens (including phenoxy) is 1. The SMILES string of the molecule is NCC(=O)OC(=O)[C@@H](N)Cc1ccccc1. The lowest BCUT2D eigenvalue weighted by molar-refractivity contribution is -0.159. The fraction of sp³-hybridized carbons (Fsp3) is 0.273. The molecule has 1 atom stereocenters. The van der Waals surface area contributed by atoms with Crippen molar-refractivity contribution >= 4 is 11.9 Å². The van der Waals surface area contributed by atoms with Crippen LogP contribution in [-0.4, -0.2) is 24.5 Å². The van der Waals surface area contributed by atoms with Crippen molar-refractivity contribution in [3.63, 3.8) is 0 Å². The van der Waals surface area contributed by atoms with Gasteiger partial charge in [0.1, 0.15) is 6.04 Å². The Hall–Kier alpha value is -1.72. The lowest BCUT2D eigenvalue weighted by atomic mass is 10.1. The van der Waals surface area contributed by atoms with Crippen molar-refractivity contribution in [2.45, 2.75) is 12.5 Å². The van der Waals surface area contributed by atoms with Gasteiger partial charge in [0.25, 0.3) is 0 Å². The van der Waals surface area contributed by atoms with Crippen LogP contribution in [0.3, 0.4) is 0 Å². The standard InChI is InChI=1S/C11H14N2O3/c12-7-10(14)16-11(15)9(13)6-8-4-2-1-3-5-8/h1-5,9H,6-7,12-13H2/t9-/m0/s1. The summed E-state index contributed by atoms with van der Waals surface area (Å²) in [6, 6.07) is 8.40. The Morgan fingerprint density at radius 2 is 1.88 bits per heavy atom. The summed E-state index contributed by atoms with van der Waals surface area (Å²) >= 11 is 0. The Morgan fingerprint density at radius 3 is 2.44 bits per heavy atom. The smallest absolute Gasteiger partial charge is 0.330 e. The summed E-state index contributed by atoms with van der Waals surface area (Å²) in [5, 5.41) is 0. The van der Waals surface area contributed by atoms with Crippen molar-refractivity contribution in [2.75, 3.05) is 6.54 Å².